The van der Waals surface area contributed by atoms with Crippen LogP contribution in [0.25, 0.3) is 0 Å². The van der Waals surface area contributed by atoms with Crippen LogP contribution in [0.15, 0.2) is 24.3 Å². The highest BCUT2D eigenvalue weighted by Crippen LogP contribution is 2.69. The Labute approximate surface area is 160 Å². The first-order valence-corrected chi connectivity index (χ1v) is 10.5. The van der Waals surface area contributed by atoms with E-state index in [1.165, 1.54) is 18.2 Å². The molecule has 5 nitrogen and oxygen atoms in total. The van der Waals surface area contributed by atoms with Crippen molar-refractivity contribution in [2.75, 3.05) is 11.9 Å². The smallest absolute Gasteiger partial charge is 0.304 e. The molecule has 10 atom stereocenters. The van der Waals surface area contributed by atoms with Gasteiger partial charge in [-0.2, -0.15) is 0 Å². The number of esters is 1. The molecular formula is C22H28N2O3. The van der Waals surface area contributed by atoms with Crippen LogP contribution in [0.1, 0.15) is 38.7 Å². The van der Waals surface area contributed by atoms with Crippen molar-refractivity contribution in [1.29, 1.82) is 0 Å². The molecule has 0 aromatic heterocycles. The number of carbonyl (C=O) groups is 1. The second kappa shape index (κ2) is 5.06. The van der Waals surface area contributed by atoms with Gasteiger partial charge >= 0.3 is 5.97 Å². The van der Waals surface area contributed by atoms with Gasteiger partial charge in [0.2, 0.25) is 0 Å². The first-order chi connectivity index (χ1) is 13.0. The molecule has 1 saturated carbocycles. The quantitative estimate of drug-likeness (QED) is 0.811. The first kappa shape index (κ1) is 16.4. The van der Waals surface area contributed by atoms with Gasteiger partial charge in [-0.3, -0.25) is 9.69 Å². The maximum atomic E-state index is 11.9. The number of rotatable bonds is 2. The van der Waals surface area contributed by atoms with Crippen LogP contribution in [0.3, 0.4) is 0 Å². The lowest BCUT2D eigenvalue weighted by Gasteiger charge is -2.62. The Morgan fingerprint density at radius 3 is 2.85 bits per heavy atom. The first-order valence-electron chi connectivity index (χ1n) is 10.5. The zero-order valence-corrected chi connectivity index (χ0v) is 16.2. The largest absolute Gasteiger partial charge is 0.446 e. The highest BCUT2D eigenvalue weighted by atomic mass is 16.6. The molecule has 1 aromatic rings. The molecule has 5 bridgehead atoms. The number of nitrogens with zero attached hydrogens (tertiary/aromatic N) is 2. The number of likely N-dealkylation sites (N-methyl/N-ethyl adjacent to an activating group) is 1. The number of carbonyl (C=O) groups excluding carboxylic acids is 1. The standard InChI is InChI=1S/C22H28N2O3/c1-4-12-13-9-16-19-22(14-7-5-6-8-15(14)23(19)3)10-17(18(13)20(22)26)24(16)21(12)27-11(2)25/h5-8,12-13,16-21,26H,4,9-10H2,1-3H3/t12-,13-,16-,17-,18+,19-,20+,21+,22+/m0/s1. The molecule has 1 aromatic carbocycles. The third-order valence-corrected chi connectivity index (χ3v) is 8.72. The van der Waals surface area contributed by atoms with E-state index in [-0.39, 0.29) is 29.8 Å². The molecule has 1 spiro atoms. The summed E-state index contributed by atoms with van der Waals surface area (Å²) in [6.45, 7) is 3.73. The van der Waals surface area contributed by atoms with Gasteiger partial charge in [0.1, 0.15) is 0 Å². The monoisotopic (exact) mass is 368 g/mol. The van der Waals surface area contributed by atoms with Crippen molar-refractivity contribution >= 4 is 11.7 Å². The normalized spacial score (nSPS) is 50.7. The minimum atomic E-state index is -0.314. The lowest BCUT2D eigenvalue weighted by Crippen LogP contribution is -2.73. The minimum absolute atomic E-state index is 0.127. The Bertz CT molecular complexity index is 828. The summed E-state index contributed by atoms with van der Waals surface area (Å²) in [6.07, 6.45) is 2.64. The van der Waals surface area contributed by atoms with Crippen LogP contribution in [0.5, 0.6) is 0 Å². The van der Waals surface area contributed by atoms with E-state index in [0.717, 1.165) is 19.3 Å². The van der Waals surface area contributed by atoms with Crippen LogP contribution in [-0.2, 0) is 14.9 Å². The molecular weight excluding hydrogens is 340 g/mol. The molecule has 0 radical (unpaired) electrons. The molecule has 5 aliphatic heterocycles. The van der Waals surface area contributed by atoms with Crippen LogP contribution in [-0.4, -0.2) is 53.5 Å². The van der Waals surface area contributed by atoms with Gasteiger partial charge in [0.25, 0.3) is 0 Å². The van der Waals surface area contributed by atoms with Crippen molar-refractivity contribution in [3.8, 4) is 0 Å². The molecule has 6 aliphatic rings. The molecule has 4 saturated heterocycles. The van der Waals surface area contributed by atoms with E-state index in [9.17, 15) is 9.90 Å². The van der Waals surface area contributed by atoms with E-state index in [4.69, 9.17) is 4.74 Å². The number of fused-ring (bicyclic) bond motifs is 2. The Morgan fingerprint density at radius 2 is 2.11 bits per heavy atom. The Morgan fingerprint density at radius 1 is 1.33 bits per heavy atom. The summed E-state index contributed by atoms with van der Waals surface area (Å²) in [5.41, 5.74) is 2.43. The number of piperidine rings is 4. The van der Waals surface area contributed by atoms with Gasteiger partial charge in [0, 0.05) is 49.0 Å². The number of aliphatic hydroxyl groups excluding tert-OH is 1. The van der Waals surface area contributed by atoms with E-state index in [1.807, 2.05) is 0 Å². The molecule has 1 aliphatic carbocycles. The zero-order chi connectivity index (χ0) is 18.7. The lowest BCUT2D eigenvalue weighted by atomic mass is 9.62. The average molecular weight is 368 g/mol. The van der Waals surface area contributed by atoms with Gasteiger partial charge in [-0.05, 0) is 36.8 Å². The van der Waals surface area contributed by atoms with Gasteiger partial charge in [-0.25, -0.2) is 0 Å². The fourth-order valence-corrected chi connectivity index (χ4v) is 8.16. The van der Waals surface area contributed by atoms with Crippen LogP contribution >= 0.6 is 0 Å². The molecule has 27 heavy (non-hydrogen) atoms. The molecule has 7 rings (SSSR count). The number of aliphatic hydroxyl groups is 1. The maximum absolute atomic E-state index is 11.9. The number of ether oxygens (including phenoxy) is 1. The highest BCUT2D eigenvalue weighted by molar-refractivity contribution is 5.68. The molecule has 5 fully saturated rings. The van der Waals surface area contributed by atoms with E-state index >= 15 is 0 Å². The number of benzene rings is 1. The van der Waals surface area contributed by atoms with Crippen LogP contribution in [0.4, 0.5) is 5.69 Å². The fourth-order valence-electron chi connectivity index (χ4n) is 8.16. The predicted molar refractivity (Wildman–Crippen MR) is 101 cm³/mol. The Balaban J connectivity index is 1.54. The van der Waals surface area contributed by atoms with Crippen molar-refractivity contribution in [1.82, 2.24) is 4.90 Å². The van der Waals surface area contributed by atoms with Gasteiger partial charge in [-0.15, -0.1) is 0 Å². The van der Waals surface area contributed by atoms with E-state index < -0.39 is 0 Å². The zero-order valence-electron chi connectivity index (χ0n) is 16.2. The topological polar surface area (TPSA) is 53.0 Å². The molecule has 5 heterocycles. The second-order valence-corrected chi connectivity index (χ2v) is 9.39. The van der Waals surface area contributed by atoms with Crippen molar-refractivity contribution in [2.45, 2.75) is 69.0 Å². The van der Waals surface area contributed by atoms with Crippen molar-refractivity contribution in [2.24, 2.45) is 17.8 Å². The van der Waals surface area contributed by atoms with Crippen molar-refractivity contribution in [3.05, 3.63) is 29.8 Å². The summed E-state index contributed by atoms with van der Waals surface area (Å²) in [7, 11) is 2.18. The van der Waals surface area contributed by atoms with Crippen LogP contribution < -0.4 is 4.90 Å². The third-order valence-electron chi connectivity index (χ3n) is 8.72. The SMILES string of the molecule is CC[C@H]1[C@@H]2C[C@H]3[C@@H]4N(C)c5ccccc5[C@]45C[C@@H]([C@@H]2[C@H]5O)N3[C@@H]1OC(C)=O. The molecule has 144 valence electrons. The maximum Gasteiger partial charge on any atom is 0.304 e. The summed E-state index contributed by atoms with van der Waals surface area (Å²) in [6, 6.07) is 9.57. The predicted octanol–water partition coefficient (Wildman–Crippen LogP) is 2.13. The number of hydrogen-bond donors (Lipinski definition) is 1. The van der Waals surface area contributed by atoms with Crippen molar-refractivity contribution in [3.63, 3.8) is 0 Å². The molecule has 1 N–H and O–H groups in total. The van der Waals surface area contributed by atoms with Gasteiger partial charge in [0.15, 0.2) is 6.23 Å². The minimum Gasteiger partial charge on any atom is -0.446 e. The lowest BCUT2D eigenvalue weighted by molar-refractivity contribution is -0.228. The van der Waals surface area contributed by atoms with Crippen molar-refractivity contribution < 1.29 is 14.6 Å². The van der Waals surface area contributed by atoms with E-state index in [2.05, 4.69) is 48.0 Å². The van der Waals surface area contributed by atoms with Crippen LogP contribution in [0, 0.1) is 17.8 Å². The number of para-hydroxylation sites is 1. The van der Waals surface area contributed by atoms with E-state index in [0.29, 0.717) is 29.8 Å². The summed E-state index contributed by atoms with van der Waals surface area (Å²) >= 11 is 0. The number of anilines is 1. The summed E-state index contributed by atoms with van der Waals surface area (Å²) in [4.78, 5) is 16.8. The fraction of sp³-hybridized carbons (Fsp3) is 0.682. The molecule has 1 unspecified atom stereocenters. The molecule has 5 heteroatoms. The summed E-state index contributed by atoms with van der Waals surface area (Å²) in [5, 5.41) is 11.8. The van der Waals surface area contributed by atoms with Gasteiger partial charge in [-0.1, -0.05) is 25.1 Å². The van der Waals surface area contributed by atoms with Gasteiger partial charge < -0.3 is 14.7 Å². The van der Waals surface area contributed by atoms with Gasteiger partial charge in [0.05, 0.1) is 12.1 Å². The molecule has 0 amide bonds. The highest BCUT2D eigenvalue weighted by Gasteiger charge is 2.76. The Kier molecular flexibility index (Phi) is 3.07. The van der Waals surface area contributed by atoms with Crippen LogP contribution in [0.2, 0.25) is 0 Å². The average Bonchev–Trinajstić information content (AvgIpc) is 3.04. The number of hydrogen-bond acceptors (Lipinski definition) is 5. The second-order valence-electron chi connectivity index (χ2n) is 9.39. The van der Waals surface area contributed by atoms with E-state index in [1.54, 1.807) is 0 Å². The Hall–Kier alpha value is -1.59. The third kappa shape index (κ3) is 1.64. The summed E-state index contributed by atoms with van der Waals surface area (Å²) in [5.74, 6) is 0.882. The summed E-state index contributed by atoms with van der Waals surface area (Å²) < 4.78 is 5.91.